The lowest BCUT2D eigenvalue weighted by atomic mass is 9.98. The van der Waals surface area contributed by atoms with Crippen molar-refractivity contribution in [2.45, 2.75) is 19.4 Å². The molecule has 0 aliphatic heterocycles. The summed E-state index contributed by atoms with van der Waals surface area (Å²) in [4.78, 5) is 4.08. The Labute approximate surface area is 111 Å². The van der Waals surface area contributed by atoms with Gasteiger partial charge in [-0.2, -0.15) is 0 Å². The number of halogens is 2. The van der Waals surface area contributed by atoms with Gasteiger partial charge in [0.2, 0.25) is 0 Å². The molecule has 2 nitrogen and oxygen atoms in total. The maximum absolute atomic E-state index is 13.7. The lowest BCUT2D eigenvalue weighted by molar-refractivity contribution is 0.515. The van der Waals surface area contributed by atoms with Gasteiger partial charge in [0.1, 0.15) is 11.6 Å². The molecule has 0 aliphatic carbocycles. The Morgan fingerprint density at radius 3 is 2.68 bits per heavy atom. The first kappa shape index (κ1) is 13.6. The van der Waals surface area contributed by atoms with Crippen molar-refractivity contribution in [3.05, 3.63) is 65.0 Å². The SMILES string of the molecule is CNC(Cc1ccc(F)cc1C)c1ncccc1F. The molecule has 0 saturated carbocycles. The third kappa shape index (κ3) is 3.15. The summed E-state index contributed by atoms with van der Waals surface area (Å²) in [5.74, 6) is -0.590. The van der Waals surface area contributed by atoms with E-state index in [0.717, 1.165) is 11.1 Å². The van der Waals surface area contributed by atoms with E-state index in [1.807, 2.05) is 6.92 Å². The summed E-state index contributed by atoms with van der Waals surface area (Å²) in [6, 6.07) is 7.36. The second-order valence-electron chi connectivity index (χ2n) is 4.49. The predicted molar refractivity (Wildman–Crippen MR) is 70.8 cm³/mol. The van der Waals surface area contributed by atoms with Crippen LogP contribution < -0.4 is 5.32 Å². The summed E-state index contributed by atoms with van der Waals surface area (Å²) in [7, 11) is 1.76. The van der Waals surface area contributed by atoms with Gasteiger partial charge in [0.25, 0.3) is 0 Å². The molecule has 4 heteroatoms. The Hall–Kier alpha value is -1.81. The van der Waals surface area contributed by atoms with Crippen LogP contribution in [0.25, 0.3) is 0 Å². The Morgan fingerprint density at radius 2 is 2.05 bits per heavy atom. The number of pyridine rings is 1. The van der Waals surface area contributed by atoms with Gasteiger partial charge in [0, 0.05) is 6.20 Å². The molecule has 1 aromatic carbocycles. The third-order valence-corrected chi connectivity index (χ3v) is 3.19. The molecule has 0 radical (unpaired) electrons. The van der Waals surface area contributed by atoms with E-state index in [4.69, 9.17) is 0 Å². The van der Waals surface area contributed by atoms with Crippen LogP contribution in [0.3, 0.4) is 0 Å². The van der Waals surface area contributed by atoms with Crippen LogP contribution in [0.15, 0.2) is 36.5 Å². The highest BCUT2D eigenvalue weighted by molar-refractivity contribution is 5.28. The van der Waals surface area contributed by atoms with Crippen molar-refractivity contribution >= 4 is 0 Å². The lowest BCUT2D eigenvalue weighted by Crippen LogP contribution is -2.21. The van der Waals surface area contributed by atoms with Gasteiger partial charge in [-0.15, -0.1) is 0 Å². The molecule has 19 heavy (non-hydrogen) atoms. The molecule has 100 valence electrons. The standard InChI is InChI=1S/C15H16F2N2/c1-10-8-12(16)6-5-11(10)9-14(18-2)15-13(17)4-3-7-19-15/h3-8,14,18H,9H2,1-2H3. The molecule has 2 rings (SSSR count). The van der Waals surface area contributed by atoms with E-state index in [-0.39, 0.29) is 17.7 Å². The fourth-order valence-electron chi connectivity index (χ4n) is 2.10. The molecule has 1 N–H and O–H groups in total. The van der Waals surface area contributed by atoms with Gasteiger partial charge in [0.15, 0.2) is 0 Å². The zero-order valence-corrected chi connectivity index (χ0v) is 11.0. The van der Waals surface area contributed by atoms with Crippen molar-refractivity contribution < 1.29 is 8.78 Å². The number of aromatic nitrogens is 1. The molecule has 0 fully saturated rings. The summed E-state index contributed by atoms with van der Waals surface area (Å²) < 4.78 is 26.8. The fraction of sp³-hybridized carbons (Fsp3) is 0.267. The number of nitrogens with zero attached hydrogens (tertiary/aromatic N) is 1. The monoisotopic (exact) mass is 262 g/mol. The maximum Gasteiger partial charge on any atom is 0.146 e. The maximum atomic E-state index is 13.7. The first-order valence-corrected chi connectivity index (χ1v) is 6.14. The fourth-order valence-corrected chi connectivity index (χ4v) is 2.10. The van der Waals surface area contributed by atoms with Gasteiger partial charge < -0.3 is 5.32 Å². The molecule has 0 bridgehead atoms. The summed E-state index contributed by atoms with van der Waals surface area (Å²) >= 11 is 0. The third-order valence-electron chi connectivity index (χ3n) is 3.19. The van der Waals surface area contributed by atoms with Crippen LogP contribution in [0.4, 0.5) is 8.78 Å². The largest absolute Gasteiger partial charge is 0.311 e. The number of benzene rings is 1. The number of aryl methyl sites for hydroxylation is 1. The minimum Gasteiger partial charge on any atom is -0.311 e. The van der Waals surface area contributed by atoms with Gasteiger partial charge >= 0.3 is 0 Å². The van der Waals surface area contributed by atoms with E-state index in [1.165, 1.54) is 18.2 Å². The quantitative estimate of drug-likeness (QED) is 0.915. The van der Waals surface area contributed by atoms with Crippen LogP contribution in [0.5, 0.6) is 0 Å². The van der Waals surface area contributed by atoms with Crippen LogP contribution in [0.2, 0.25) is 0 Å². The zero-order valence-electron chi connectivity index (χ0n) is 11.0. The van der Waals surface area contributed by atoms with Crippen molar-refractivity contribution in [3.8, 4) is 0 Å². The Bertz CT molecular complexity index is 570. The van der Waals surface area contributed by atoms with Crippen molar-refractivity contribution in [1.29, 1.82) is 0 Å². The minimum atomic E-state index is -0.332. The van der Waals surface area contributed by atoms with Crippen LogP contribution in [-0.2, 0) is 6.42 Å². The van der Waals surface area contributed by atoms with E-state index in [0.29, 0.717) is 12.1 Å². The molecule has 1 aromatic heterocycles. The molecule has 1 unspecified atom stereocenters. The van der Waals surface area contributed by atoms with Gasteiger partial charge in [-0.05, 0) is 55.8 Å². The highest BCUT2D eigenvalue weighted by Crippen LogP contribution is 2.21. The highest BCUT2D eigenvalue weighted by Gasteiger charge is 2.16. The number of nitrogens with one attached hydrogen (secondary N) is 1. The molecule has 1 heterocycles. The van der Waals surface area contributed by atoms with E-state index in [1.54, 1.807) is 25.4 Å². The van der Waals surface area contributed by atoms with Crippen LogP contribution >= 0.6 is 0 Å². The van der Waals surface area contributed by atoms with Crippen LogP contribution in [-0.4, -0.2) is 12.0 Å². The topological polar surface area (TPSA) is 24.9 Å². The molecular formula is C15H16F2N2. The van der Waals surface area contributed by atoms with Crippen molar-refractivity contribution in [2.24, 2.45) is 0 Å². The van der Waals surface area contributed by atoms with Crippen LogP contribution in [0, 0.1) is 18.6 Å². The number of likely N-dealkylation sites (N-methyl/N-ethyl adjacent to an activating group) is 1. The number of hydrogen-bond acceptors (Lipinski definition) is 2. The van der Waals surface area contributed by atoms with E-state index in [9.17, 15) is 8.78 Å². The molecule has 0 amide bonds. The summed E-state index contributed by atoms with van der Waals surface area (Å²) in [5.41, 5.74) is 2.22. The summed E-state index contributed by atoms with van der Waals surface area (Å²) in [6.07, 6.45) is 2.14. The van der Waals surface area contributed by atoms with E-state index >= 15 is 0 Å². The molecular weight excluding hydrogens is 246 g/mol. The lowest BCUT2D eigenvalue weighted by Gasteiger charge is -2.17. The molecule has 0 spiro atoms. The number of rotatable bonds is 4. The van der Waals surface area contributed by atoms with Crippen molar-refractivity contribution in [3.63, 3.8) is 0 Å². The molecule has 2 aromatic rings. The molecule has 0 saturated heterocycles. The Kier molecular flexibility index (Phi) is 4.22. The zero-order chi connectivity index (χ0) is 13.8. The smallest absolute Gasteiger partial charge is 0.146 e. The first-order chi connectivity index (χ1) is 9.11. The van der Waals surface area contributed by atoms with E-state index in [2.05, 4.69) is 10.3 Å². The van der Waals surface area contributed by atoms with Crippen LogP contribution in [0.1, 0.15) is 22.9 Å². The summed E-state index contributed by atoms with van der Waals surface area (Å²) in [5, 5.41) is 3.05. The van der Waals surface area contributed by atoms with Crippen molar-refractivity contribution in [2.75, 3.05) is 7.05 Å². The normalized spacial score (nSPS) is 12.4. The molecule has 1 atom stereocenters. The average Bonchev–Trinajstić information content (AvgIpc) is 2.39. The second-order valence-corrected chi connectivity index (χ2v) is 4.49. The van der Waals surface area contributed by atoms with E-state index < -0.39 is 0 Å². The summed E-state index contributed by atoms with van der Waals surface area (Å²) in [6.45, 7) is 1.85. The highest BCUT2D eigenvalue weighted by atomic mass is 19.1. The second kappa shape index (κ2) is 5.89. The average molecular weight is 262 g/mol. The van der Waals surface area contributed by atoms with Gasteiger partial charge in [0.05, 0.1) is 11.7 Å². The predicted octanol–water partition coefficient (Wildman–Crippen LogP) is 3.17. The van der Waals surface area contributed by atoms with Gasteiger partial charge in [-0.1, -0.05) is 6.07 Å². The molecule has 0 aliphatic rings. The Morgan fingerprint density at radius 1 is 1.26 bits per heavy atom. The van der Waals surface area contributed by atoms with Crippen molar-refractivity contribution in [1.82, 2.24) is 10.3 Å². The van der Waals surface area contributed by atoms with Gasteiger partial charge in [-0.25, -0.2) is 8.78 Å². The first-order valence-electron chi connectivity index (χ1n) is 6.14. The number of hydrogen-bond donors (Lipinski definition) is 1. The Balaban J connectivity index is 2.27. The minimum absolute atomic E-state index is 0.231. The van der Waals surface area contributed by atoms with Gasteiger partial charge in [-0.3, -0.25) is 4.98 Å².